The molecule has 2 aromatic carbocycles. The van der Waals surface area contributed by atoms with E-state index < -0.39 is 0 Å². The summed E-state index contributed by atoms with van der Waals surface area (Å²) in [5.74, 6) is 0. The quantitative estimate of drug-likeness (QED) is 0.593. The van der Waals surface area contributed by atoms with Crippen LogP contribution < -0.4 is 0 Å². The lowest BCUT2D eigenvalue weighted by Crippen LogP contribution is -1.95. The summed E-state index contributed by atoms with van der Waals surface area (Å²) in [4.78, 5) is 0.149. The Bertz CT molecular complexity index is 546. The highest BCUT2D eigenvalue weighted by Gasteiger charge is 2.13. The maximum absolute atomic E-state index is 6.33. The maximum Gasteiger partial charge on any atom is 0.0659 e. The van der Waals surface area contributed by atoms with Crippen molar-refractivity contribution in [1.82, 2.24) is 0 Å². The number of benzene rings is 2. The number of hydrogen-bond donors (Lipinski definition) is 0. The summed E-state index contributed by atoms with van der Waals surface area (Å²) in [5.41, 5.74) is 4.94. The van der Waals surface area contributed by atoms with Crippen molar-refractivity contribution in [3.8, 4) is 0 Å². The van der Waals surface area contributed by atoms with Gasteiger partial charge in [0.15, 0.2) is 0 Å². The maximum atomic E-state index is 6.33. The van der Waals surface area contributed by atoms with Crippen molar-refractivity contribution in [2.75, 3.05) is 0 Å². The molecular formula is C17H18BrCl. The number of hydrogen-bond acceptors (Lipinski definition) is 0. The fourth-order valence-corrected chi connectivity index (χ4v) is 3.34. The topological polar surface area (TPSA) is 0 Å². The summed E-state index contributed by atoms with van der Waals surface area (Å²) in [5, 5.41) is 0.819. The molecule has 0 saturated carbocycles. The molecule has 0 aliphatic rings. The third kappa shape index (κ3) is 3.61. The molecule has 2 rings (SSSR count). The van der Waals surface area contributed by atoms with Crippen LogP contribution in [0.2, 0.25) is 5.02 Å². The van der Waals surface area contributed by atoms with E-state index in [-0.39, 0.29) is 4.83 Å². The van der Waals surface area contributed by atoms with Crippen molar-refractivity contribution >= 4 is 27.5 Å². The van der Waals surface area contributed by atoms with Crippen molar-refractivity contribution in [3.05, 3.63) is 69.7 Å². The first kappa shape index (κ1) is 14.6. The fourth-order valence-electron chi connectivity index (χ4n) is 2.16. The van der Waals surface area contributed by atoms with Gasteiger partial charge in [-0.05, 0) is 41.7 Å². The molecule has 0 bridgehead atoms. The second-order valence-corrected chi connectivity index (χ2v) is 6.20. The standard InChI is InChI=1S/C17H18BrCl/c1-3-4-13-6-8-14(9-7-13)17(18)15-10-5-12(2)11-16(15)19/h5-11,17H,3-4H2,1-2H3. The molecule has 0 aromatic heterocycles. The van der Waals surface area contributed by atoms with Gasteiger partial charge in [0, 0.05) is 5.02 Å². The van der Waals surface area contributed by atoms with Gasteiger partial charge in [0.2, 0.25) is 0 Å². The number of alkyl halides is 1. The van der Waals surface area contributed by atoms with Crippen LogP contribution in [0, 0.1) is 6.92 Å². The largest absolute Gasteiger partial charge is 0.0840 e. The summed E-state index contributed by atoms with van der Waals surface area (Å²) < 4.78 is 0. The molecule has 0 N–H and O–H groups in total. The molecule has 1 atom stereocenters. The third-order valence-corrected chi connectivity index (χ3v) is 4.59. The first-order valence-electron chi connectivity index (χ1n) is 6.60. The van der Waals surface area contributed by atoms with Crippen LogP contribution in [-0.4, -0.2) is 0 Å². The highest BCUT2D eigenvalue weighted by molar-refractivity contribution is 9.09. The second-order valence-electron chi connectivity index (χ2n) is 4.88. The minimum absolute atomic E-state index is 0.149. The highest BCUT2D eigenvalue weighted by Crippen LogP contribution is 2.35. The van der Waals surface area contributed by atoms with Crippen molar-refractivity contribution in [2.24, 2.45) is 0 Å². The van der Waals surface area contributed by atoms with Gasteiger partial charge >= 0.3 is 0 Å². The van der Waals surface area contributed by atoms with E-state index in [1.54, 1.807) is 0 Å². The Hall–Kier alpha value is -0.790. The molecule has 0 aliphatic heterocycles. The van der Waals surface area contributed by atoms with E-state index in [1.807, 2.05) is 6.07 Å². The molecule has 0 nitrogen and oxygen atoms in total. The molecule has 0 fully saturated rings. The lowest BCUT2D eigenvalue weighted by atomic mass is 10.0. The predicted molar refractivity (Wildman–Crippen MR) is 87.4 cm³/mol. The van der Waals surface area contributed by atoms with Gasteiger partial charge in [0.25, 0.3) is 0 Å². The summed E-state index contributed by atoms with van der Waals surface area (Å²) in [6.07, 6.45) is 2.32. The predicted octanol–water partition coefficient (Wildman–Crippen LogP) is 6.09. The summed E-state index contributed by atoms with van der Waals surface area (Å²) in [7, 11) is 0. The molecule has 0 spiro atoms. The summed E-state index contributed by atoms with van der Waals surface area (Å²) in [6, 6.07) is 15.0. The van der Waals surface area contributed by atoms with Crippen LogP contribution in [0.4, 0.5) is 0 Å². The zero-order valence-corrected chi connectivity index (χ0v) is 13.6. The SMILES string of the molecule is CCCc1ccc(C(Br)c2ccc(C)cc2Cl)cc1. The van der Waals surface area contributed by atoms with Crippen molar-refractivity contribution in [2.45, 2.75) is 31.5 Å². The van der Waals surface area contributed by atoms with Crippen LogP contribution in [0.25, 0.3) is 0 Å². The molecule has 0 aliphatic carbocycles. The molecular weight excluding hydrogens is 320 g/mol. The van der Waals surface area contributed by atoms with E-state index in [2.05, 4.69) is 66.2 Å². The van der Waals surface area contributed by atoms with Crippen LogP contribution in [0.15, 0.2) is 42.5 Å². The molecule has 0 heterocycles. The molecule has 19 heavy (non-hydrogen) atoms. The van der Waals surface area contributed by atoms with Crippen molar-refractivity contribution in [1.29, 1.82) is 0 Å². The molecule has 0 radical (unpaired) electrons. The van der Waals surface area contributed by atoms with Gasteiger partial charge in [0.1, 0.15) is 0 Å². The number of halogens is 2. The van der Waals surface area contributed by atoms with Crippen LogP contribution in [0.1, 0.15) is 40.4 Å². The van der Waals surface area contributed by atoms with Gasteiger partial charge in [-0.2, -0.15) is 0 Å². The van der Waals surface area contributed by atoms with Gasteiger partial charge in [-0.3, -0.25) is 0 Å². The molecule has 2 heteroatoms. The Morgan fingerprint density at radius 3 is 2.37 bits per heavy atom. The molecule has 0 saturated heterocycles. The lowest BCUT2D eigenvalue weighted by molar-refractivity contribution is 0.920. The number of aryl methyl sites for hydroxylation is 2. The average molecular weight is 338 g/mol. The number of rotatable bonds is 4. The van der Waals surface area contributed by atoms with Gasteiger partial charge in [-0.25, -0.2) is 0 Å². The Labute approximate surface area is 128 Å². The van der Waals surface area contributed by atoms with Gasteiger partial charge < -0.3 is 0 Å². The first-order chi connectivity index (χ1) is 9.11. The van der Waals surface area contributed by atoms with Crippen LogP contribution >= 0.6 is 27.5 Å². The lowest BCUT2D eigenvalue weighted by Gasteiger charge is -2.13. The smallest absolute Gasteiger partial charge is 0.0659 e. The van der Waals surface area contributed by atoms with Crippen molar-refractivity contribution in [3.63, 3.8) is 0 Å². The zero-order chi connectivity index (χ0) is 13.8. The summed E-state index contributed by atoms with van der Waals surface area (Å²) >= 11 is 10.1. The van der Waals surface area contributed by atoms with Gasteiger partial charge in [0.05, 0.1) is 4.83 Å². The Morgan fingerprint density at radius 1 is 1.11 bits per heavy atom. The van der Waals surface area contributed by atoms with E-state index in [4.69, 9.17) is 11.6 Å². The van der Waals surface area contributed by atoms with Crippen LogP contribution in [0.5, 0.6) is 0 Å². The Balaban J connectivity index is 2.25. The van der Waals surface area contributed by atoms with E-state index in [0.717, 1.165) is 17.0 Å². The first-order valence-corrected chi connectivity index (χ1v) is 7.90. The van der Waals surface area contributed by atoms with Crippen LogP contribution in [-0.2, 0) is 6.42 Å². The highest BCUT2D eigenvalue weighted by atomic mass is 79.9. The van der Waals surface area contributed by atoms with Gasteiger partial charge in [-0.1, -0.05) is 77.3 Å². The summed E-state index contributed by atoms with van der Waals surface area (Å²) in [6.45, 7) is 4.26. The minimum atomic E-state index is 0.149. The van der Waals surface area contributed by atoms with Gasteiger partial charge in [-0.15, -0.1) is 0 Å². The van der Waals surface area contributed by atoms with E-state index in [1.165, 1.54) is 23.1 Å². The van der Waals surface area contributed by atoms with E-state index >= 15 is 0 Å². The van der Waals surface area contributed by atoms with Crippen molar-refractivity contribution < 1.29 is 0 Å². The molecule has 100 valence electrons. The minimum Gasteiger partial charge on any atom is -0.0840 e. The second kappa shape index (κ2) is 6.58. The molecule has 1 unspecified atom stereocenters. The Morgan fingerprint density at radius 2 is 1.79 bits per heavy atom. The molecule has 0 amide bonds. The van der Waals surface area contributed by atoms with E-state index in [9.17, 15) is 0 Å². The van der Waals surface area contributed by atoms with Crippen LogP contribution in [0.3, 0.4) is 0 Å². The third-order valence-electron chi connectivity index (χ3n) is 3.24. The normalized spacial score (nSPS) is 12.4. The van der Waals surface area contributed by atoms with E-state index in [0.29, 0.717) is 0 Å². The Kier molecular flexibility index (Phi) is 5.06. The zero-order valence-electron chi connectivity index (χ0n) is 11.3. The monoisotopic (exact) mass is 336 g/mol. The fraction of sp³-hybridized carbons (Fsp3) is 0.294. The average Bonchev–Trinajstić information content (AvgIpc) is 2.39. The molecule has 2 aromatic rings.